The van der Waals surface area contributed by atoms with Crippen LogP contribution in [0.25, 0.3) is 0 Å². The van der Waals surface area contributed by atoms with Gasteiger partial charge in [-0.3, -0.25) is 9.89 Å². The van der Waals surface area contributed by atoms with Crippen LogP contribution < -0.4 is 14.8 Å². The summed E-state index contributed by atoms with van der Waals surface area (Å²) in [4.78, 5) is 9.76. The molecule has 1 N–H and O–H groups in total. The van der Waals surface area contributed by atoms with Crippen LogP contribution in [0.2, 0.25) is 0 Å². The number of fused-ring (bicyclic) bond motifs is 1. The van der Waals surface area contributed by atoms with Crippen molar-refractivity contribution < 1.29 is 14.2 Å². The largest absolute Gasteiger partial charge is 0.454 e. The zero-order valence-corrected chi connectivity index (χ0v) is 17.4. The molecule has 4 rings (SSSR count). The van der Waals surface area contributed by atoms with Crippen LogP contribution in [-0.2, 0) is 11.3 Å². The summed E-state index contributed by atoms with van der Waals surface area (Å²) in [6.45, 7) is 10.8. The van der Waals surface area contributed by atoms with Gasteiger partial charge in [-0.1, -0.05) is 17.7 Å². The Morgan fingerprint density at radius 3 is 2.79 bits per heavy atom. The molecule has 0 radical (unpaired) electrons. The molecule has 3 aliphatic heterocycles. The van der Waals surface area contributed by atoms with Crippen molar-refractivity contribution in [2.24, 2.45) is 4.99 Å². The van der Waals surface area contributed by atoms with E-state index in [0.717, 1.165) is 89.3 Å². The van der Waals surface area contributed by atoms with E-state index in [9.17, 15) is 0 Å². The Morgan fingerprint density at radius 2 is 2.00 bits per heavy atom. The molecule has 1 saturated heterocycles. The zero-order valence-electron chi connectivity index (χ0n) is 17.4. The van der Waals surface area contributed by atoms with Crippen molar-refractivity contribution >= 4 is 5.96 Å². The van der Waals surface area contributed by atoms with Gasteiger partial charge in [0.2, 0.25) is 6.79 Å². The molecule has 0 amide bonds. The molecule has 0 atom stereocenters. The van der Waals surface area contributed by atoms with Crippen LogP contribution in [0.15, 0.2) is 34.8 Å². The molecule has 0 aliphatic carbocycles. The number of guanidine groups is 1. The van der Waals surface area contributed by atoms with Crippen molar-refractivity contribution in [3.05, 3.63) is 35.4 Å². The fourth-order valence-electron chi connectivity index (χ4n) is 3.94. The SMILES string of the molecule is CCNC(=NCCC1=CCOCC1)N1CCN(Cc2ccc3c(c2)OCO3)CC1. The number of aliphatic imine (C=N–C) groups is 1. The number of ether oxygens (including phenoxy) is 3. The van der Waals surface area contributed by atoms with E-state index in [0.29, 0.717) is 6.79 Å². The second kappa shape index (κ2) is 9.98. The summed E-state index contributed by atoms with van der Waals surface area (Å²) >= 11 is 0. The third kappa shape index (κ3) is 5.42. The minimum Gasteiger partial charge on any atom is -0.454 e. The number of nitrogens with zero attached hydrogens (tertiary/aromatic N) is 3. The Bertz CT molecular complexity index is 742. The van der Waals surface area contributed by atoms with Gasteiger partial charge in [-0.25, -0.2) is 0 Å². The Morgan fingerprint density at radius 1 is 1.14 bits per heavy atom. The lowest BCUT2D eigenvalue weighted by Crippen LogP contribution is -2.52. The summed E-state index contributed by atoms with van der Waals surface area (Å²) in [6.07, 6.45) is 4.29. The monoisotopic (exact) mass is 400 g/mol. The highest BCUT2D eigenvalue weighted by atomic mass is 16.7. The summed E-state index contributed by atoms with van der Waals surface area (Å²) < 4.78 is 16.3. The molecular formula is C22H32N4O3. The fraction of sp³-hybridized carbons (Fsp3) is 0.591. The molecular weight excluding hydrogens is 368 g/mol. The van der Waals surface area contributed by atoms with Crippen LogP contribution in [0.5, 0.6) is 11.5 Å². The summed E-state index contributed by atoms with van der Waals surface area (Å²) in [7, 11) is 0. The van der Waals surface area contributed by atoms with Crippen molar-refractivity contribution in [3.63, 3.8) is 0 Å². The molecule has 1 aromatic carbocycles. The maximum atomic E-state index is 5.50. The molecule has 7 nitrogen and oxygen atoms in total. The van der Waals surface area contributed by atoms with E-state index in [4.69, 9.17) is 19.2 Å². The highest BCUT2D eigenvalue weighted by Crippen LogP contribution is 2.32. The smallest absolute Gasteiger partial charge is 0.231 e. The minimum atomic E-state index is 0.328. The number of piperazine rings is 1. The maximum Gasteiger partial charge on any atom is 0.231 e. The lowest BCUT2D eigenvalue weighted by Gasteiger charge is -2.36. The first-order chi connectivity index (χ1) is 14.3. The molecule has 158 valence electrons. The Kier molecular flexibility index (Phi) is 6.90. The Hall–Kier alpha value is -2.25. The average Bonchev–Trinajstić information content (AvgIpc) is 3.22. The van der Waals surface area contributed by atoms with Crippen molar-refractivity contribution in [1.82, 2.24) is 15.1 Å². The first-order valence-electron chi connectivity index (χ1n) is 10.7. The van der Waals surface area contributed by atoms with Crippen molar-refractivity contribution in [3.8, 4) is 11.5 Å². The molecule has 3 heterocycles. The second-order valence-corrected chi connectivity index (χ2v) is 7.62. The predicted octanol–water partition coefficient (Wildman–Crippen LogP) is 2.24. The van der Waals surface area contributed by atoms with Gasteiger partial charge < -0.3 is 24.4 Å². The summed E-state index contributed by atoms with van der Waals surface area (Å²) in [6, 6.07) is 6.25. The van der Waals surface area contributed by atoms with Gasteiger partial charge >= 0.3 is 0 Å². The van der Waals surface area contributed by atoms with E-state index >= 15 is 0 Å². The van der Waals surface area contributed by atoms with Gasteiger partial charge in [0.25, 0.3) is 0 Å². The number of benzene rings is 1. The van der Waals surface area contributed by atoms with Crippen molar-refractivity contribution in [2.75, 3.05) is 59.3 Å². The van der Waals surface area contributed by atoms with E-state index in [1.54, 1.807) is 0 Å². The highest BCUT2D eigenvalue weighted by Gasteiger charge is 2.21. The van der Waals surface area contributed by atoms with Gasteiger partial charge in [0.1, 0.15) is 0 Å². The summed E-state index contributed by atoms with van der Waals surface area (Å²) in [5.74, 6) is 2.76. The third-order valence-electron chi connectivity index (χ3n) is 5.60. The van der Waals surface area contributed by atoms with Gasteiger partial charge in [0, 0.05) is 45.8 Å². The number of hydrogen-bond donors (Lipinski definition) is 1. The molecule has 3 aliphatic rings. The molecule has 0 bridgehead atoms. The van der Waals surface area contributed by atoms with Gasteiger partial charge in [0.15, 0.2) is 17.5 Å². The normalized spacial score (nSPS) is 20.0. The number of hydrogen-bond acceptors (Lipinski definition) is 5. The van der Waals surface area contributed by atoms with Crippen LogP contribution in [-0.4, -0.2) is 75.0 Å². The lowest BCUT2D eigenvalue weighted by molar-refractivity contribution is 0.153. The number of nitrogens with one attached hydrogen (secondary N) is 1. The fourth-order valence-corrected chi connectivity index (χ4v) is 3.94. The van der Waals surface area contributed by atoms with E-state index in [2.05, 4.69) is 40.2 Å². The zero-order chi connectivity index (χ0) is 19.9. The van der Waals surface area contributed by atoms with Crippen LogP contribution in [0.1, 0.15) is 25.3 Å². The lowest BCUT2D eigenvalue weighted by atomic mass is 10.1. The first-order valence-corrected chi connectivity index (χ1v) is 10.7. The van der Waals surface area contributed by atoms with Crippen LogP contribution in [0.4, 0.5) is 0 Å². The summed E-state index contributed by atoms with van der Waals surface area (Å²) in [5, 5.41) is 3.47. The van der Waals surface area contributed by atoms with Crippen LogP contribution in [0.3, 0.4) is 0 Å². The van der Waals surface area contributed by atoms with Crippen molar-refractivity contribution in [1.29, 1.82) is 0 Å². The van der Waals surface area contributed by atoms with Gasteiger partial charge in [0.05, 0.1) is 13.2 Å². The minimum absolute atomic E-state index is 0.328. The van der Waals surface area contributed by atoms with E-state index in [1.807, 2.05) is 6.07 Å². The number of rotatable bonds is 6. The molecule has 0 unspecified atom stereocenters. The van der Waals surface area contributed by atoms with Gasteiger partial charge in [-0.05, 0) is 37.5 Å². The topological polar surface area (TPSA) is 58.6 Å². The van der Waals surface area contributed by atoms with Gasteiger partial charge in [-0.15, -0.1) is 0 Å². The van der Waals surface area contributed by atoms with Crippen LogP contribution >= 0.6 is 0 Å². The standard InChI is InChI=1S/C22H32N4O3/c1-2-23-22(24-8-5-18-6-13-27-14-7-18)26-11-9-25(10-12-26)16-19-3-4-20-21(15-19)29-17-28-20/h3-4,6,15H,2,5,7-14,16-17H2,1H3,(H,23,24). The van der Waals surface area contributed by atoms with E-state index < -0.39 is 0 Å². The molecule has 7 heteroatoms. The van der Waals surface area contributed by atoms with Gasteiger partial charge in [-0.2, -0.15) is 0 Å². The Balaban J connectivity index is 1.27. The third-order valence-corrected chi connectivity index (χ3v) is 5.60. The molecule has 1 aromatic rings. The molecule has 0 saturated carbocycles. The quantitative estimate of drug-likeness (QED) is 0.449. The molecule has 1 fully saturated rings. The maximum absolute atomic E-state index is 5.50. The van der Waals surface area contributed by atoms with Crippen molar-refractivity contribution in [2.45, 2.75) is 26.3 Å². The average molecular weight is 401 g/mol. The Labute approximate surface area is 173 Å². The molecule has 29 heavy (non-hydrogen) atoms. The van der Waals surface area contributed by atoms with E-state index in [1.165, 1.54) is 11.1 Å². The molecule has 0 aromatic heterocycles. The van der Waals surface area contributed by atoms with Crippen LogP contribution in [0, 0.1) is 0 Å². The summed E-state index contributed by atoms with van der Waals surface area (Å²) in [5.41, 5.74) is 2.75. The second-order valence-electron chi connectivity index (χ2n) is 7.62. The van der Waals surface area contributed by atoms with E-state index in [-0.39, 0.29) is 0 Å². The highest BCUT2D eigenvalue weighted by molar-refractivity contribution is 5.80. The predicted molar refractivity (Wildman–Crippen MR) is 114 cm³/mol. The molecule has 0 spiro atoms. The first kappa shape index (κ1) is 20.0.